The van der Waals surface area contributed by atoms with E-state index in [0.717, 1.165) is 18.4 Å². The Kier molecular flexibility index (Phi) is 3.77. The Bertz CT molecular complexity index is 392. The minimum absolute atomic E-state index is 0.560. The van der Waals surface area contributed by atoms with Crippen LogP contribution in [0.4, 0.5) is 8.78 Å². The quantitative estimate of drug-likeness (QED) is 0.854. The lowest BCUT2D eigenvalue weighted by molar-refractivity contribution is 0.363. The molecule has 1 nitrogen and oxygen atoms in total. The first kappa shape index (κ1) is 12.5. The van der Waals surface area contributed by atoms with E-state index in [1.807, 2.05) is 7.05 Å². The van der Waals surface area contributed by atoms with Crippen LogP contribution in [-0.4, -0.2) is 13.1 Å². The molecule has 1 saturated carbocycles. The van der Waals surface area contributed by atoms with Crippen molar-refractivity contribution in [3.8, 4) is 0 Å². The SMILES string of the molecule is CNC1CCC(Cc2ccc(F)c(F)c2)C1C. The third-order valence-electron chi connectivity index (χ3n) is 4.08. The lowest BCUT2D eigenvalue weighted by Gasteiger charge is -2.20. The van der Waals surface area contributed by atoms with E-state index in [4.69, 9.17) is 0 Å². The third-order valence-corrected chi connectivity index (χ3v) is 4.08. The molecular weight excluding hydrogens is 220 g/mol. The summed E-state index contributed by atoms with van der Waals surface area (Å²) in [6.07, 6.45) is 3.17. The minimum atomic E-state index is -0.763. The van der Waals surface area contributed by atoms with Gasteiger partial charge in [0.05, 0.1) is 0 Å². The van der Waals surface area contributed by atoms with Crippen LogP contribution in [0.1, 0.15) is 25.3 Å². The molecule has 0 spiro atoms. The third kappa shape index (κ3) is 2.65. The van der Waals surface area contributed by atoms with Crippen molar-refractivity contribution in [2.45, 2.75) is 32.2 Å². The van der Waals surface area contributed by atoms with E-state index in [1.54, 1.807) is 6.07 Å². The number of hydrogen-bond acceptors (Lipinski definition) is 1. The van der Waals surface area contributed by atoms with Crippen LogP contribution in [0.3, 0.4) is 0 Å². The summed E-state index contributed by atoms with van der Waals surface area (Å²) in [5.41, 5.74) is 0.900. The number of benzene rings is 1. The van der Waals surface area contributed by atoms with E-state index >= 15 is 0 Å². The first-order valence-corrected chi connectivity index (χ1v) is 6.23. The maximum atomic E-state index is 13.1. The summed E-state index contributed by atoms with van der Waals surface area (Å²) in [5, 5.41) is 3.32. The molecule has 3 unspecified atom stereocenters. The number of hydrogen-bond donors (Lipinski definition) is 1. The van der Waals surface area contributed by atoms with Crippen LogP contribution >= 0.6 is 0 Å². The Morgan fingerprint density at radius 1 is 1.24 bits per heavy atom. The van der Waals surface area contributed by atoms with Gasteiger partial charge in [-0.3, -0.25) is 0 Å². The molecule has 3 heteroatoms. The second-order valence-electron chi connectivity index (χ2n) is 5.04. The summed E-state index contributed by atoms with van der Waals surface area (Å²) >= 11 is 0. The van der Waals surface area contributed by atoms with Crippen LogP contribution in [0.15, 0.2) is 18.2 Å². The average Bonchev–Trinajstić information content (AvgIpc) is 2.65. The molecule has 1 fully saturated rings. The van der Waals surface area contributed by atoms with Crippen molar-refractivity contribution >= 4 is 0 Å². The van der Waals surface area contributed by atoms with Gasteiger partial charge in [0.2, 0.25) is 0 Å². The molecule has 17 heavy (non-hydrogen) atoms. The highest BCUT2D eigenvalue weighted by Crippen LogP contribution is 2.34. The van der Waals surface area contributed by atoms with Gasteiger partial charge in [0.15, 0.2) is 11.6 Å². The second kappa shape index (κ2) is 5.13. The summed E-state index contributed by atoms with van der Waals surface area (Å²) in [6, 6.07) is 4.80. The monoisotopic (exact) mass is 239 g/mol. The number of halogens is 2. The molecule has 0 amide bonds. The molecule has 0 heterocycles. The van der Waals surface area contributed by atoms with Gasteiger partial charge >= 0.3 is 0 Å². The van der Waals surface area contributed by atoms with E-state index in [0.29, 0.717) is 17.9 Å². The van der Waals surface area contributed by atoms with Gasteiger partial charge in [-0.15, -0.1) is 0 Å². The molecular formula is C14H19F2N. The normalized spacial score (nSPS) is 28.6. The Morgan fingerprint density at radius 2 is 2.00 bits per heavy atom. The Hall–Kier alpha value is -0.960. The Labute approximate surface area is 101 Å². The van der Waals surface area contributed by atoms with Crippen LogP contribution < -0.4 is 5.32 Å². The maximum Gasteiger partial charge on any atom is 0.159 e. The van der Waals surface area contributed by atoms with Gasteiger partial charge in [0.1, 0.15) is 0 Å². The first-order valence-electron chi connectivity index (χ1n) is 6.23. The molecule has 0 saturated heterocycles. The highest BCUT2D eigenvalue weighted by molar-refractivity contribution is 5.18. The predicted molar refractivity (Wildman–Crippen MR) is 64.8 cm³/mol. The summed E-state index contributed by atoms with van der Waals surface area (Å²) in [5.74, 6) is -0.343. The fourth-order valence-corrected chi connectivity index (χ4v) is 2.91. The average molecular weight is 239 g/mol. The second-order valence-corrected chi connectivity index (χ2v) is 5.04. The van der Waals surface area contributed by atoms with E-state index < -0.39 is 11.6 Å². The largest absolute Gasteiger partial charge is 0.317 e. The van der Waals surface area contributed by atoms with Crippen molar-refractivity contribution in [3.63, 3.8) is 0 Å². The molecule has 3 atom stereocenters. The molecule has 1 aliphatic rings. The zero-order valence-corrected chi connectivity index (χ0v) is 10.3. The zero-order valence-electron chi connectivity index (χ0n) is 10.3. The fourth-order valence-electron chi connectivity index (χ4n) is 2.91. The van der Waals surface area contributed by atoms with Crippen LogP contribution in [0, 0.1) is 23.5 Å². The van der Waals surface area contributed by atoms with Crippen molar-refractivity contribution in [2.75, 3.05) is 7.05 Å². The molecule has 1 aliphatic carbocycles. The van der Waals surface area contributed by atoms with Crippen LogP contribution in [0.25, 0.3) is 0 Å². The van der Waals surface area contributed by atoms with Gasteiger partial charge in [0, 0.05) is 6.04 Å². The van der Waals surface area contributed by atoms with E-state index in [1.165, 1.54) is 18.6 Å². The standard InChI is InChI=1S/C14H19F2N/c1-9-11(4-6-14(9)17-2)7-10-3-5-12(15)13(16)8-10/h3,5,8-9,11,14,17H,4,6-7H2,1-2H3. The lowest BCUT2D eigenvalue weighted by atomic mass is 9.89. The smallest absolute Gasteiger partial charge is 0.159 e. The molecule has 0 aliphatic heterocycles. The molecule has 0 aromatic heterocycles. The maximum absolute atomic E-state index is 13.1. The molecule has 0 bridgehead atoms. The van der Waals surface area contributed by atoms with Gasteiger partial charge in [0.25, 0.3) is 0 Å². The van der Waals surface area contributed by atoms with Gasteiger partial charge in [-0.2, -0.15) is 0 Å². The molecule has 0 radical (unpaired) electrons. The first-order chi connectivity index (χ1) is 8.11. The van der Waals surface area contributed by atoms with Gasteiger partial charge in [-0.05, 0) is 55.8 Å². The highest BCUT2D eigenvalue weighted by atomic mass is 19.2. The number of rotatable bonds is 3. The van der Waals surface area contributed by atoms with Crippen LogP contribution in [0.5, 0.6) is 0 Å². The summed E-state index contributed by atoms with van der Waals surface area (Å²) < 4.78 is 25.9. The molecule has 1 aromatic rings. The van der Waals surface area contributed by atoms with E-state index in [9.17, 15) is 8.78 Å². The van der Waals surface area contributed by atoms with Crippen molar-refractivity contribution < 1.29 is 8.78 Å². The van der Waals surface area contributed by atoms with Crippen molar-refractivity contribution in [1.29, 1.82) is 0 Å². The molecule has 2 rings (SSSR count). The molecule has 94 valence electrons. The topological polar surface area (TPSA) is 12.0 Å². The van der Waals surface area contributed by atoms with Crippen molar-refractivity contribution in [2.24, 2.45) is 11.8 Å². The van der Waals surface area contributed by atoms with E-state index in [2.05, 4.69) is 12.2 Å². The molecule has 1 N–H and O–H groups in total. The van der Waals surface area contributed by atoms with Crippen molar-refractivity contribution in [3.05, 3.63) is 35.4 Å². The number of nitrogens with one attached hydrogen (secondary N) is 1. The minimum Gasteiger partial charge on any atom is -0.317 e. The predicted octanol–water partition coefficient (Wildman–Crippen LogP) is 3.14. The van der Waals surface area contributed by atoms with Gasteiger partial charge in [-0.1, -0.05) is 13.0 Å². The zero-order chi connectivity index (χ0) is 12.4. The Balaban J connectivity index is 2.04. The van der Waals surface area contributed by atoms with Gasteiger partial charge < -0.3 is 5.32 Å². The Morgan fingerprint density at radius 3 is 2.59 bits per heavy atom. The van der Waals surface area contributed by atoms with E-state index in [-0.39, 0.29) is 0 Å². The fraction of sp³-hybridized carbons (Fsp3) is 0.571. The lowest BCUT2D eigenvalue weighted by Crippen LogP contribution is -2.29. The highest BCUT2D eigenvalue weighted by Gasteiger charge is 2.31. The summed E-state index contributed by atoms with van der Waals surface area (Å²) in [7, 11) is 1.99. The van der Waals surface area contributed by atoms with Gasteiger partial charge in [-0.25, -0.2) is 8.78 Å². The molecule has 1 aromatic carbocycles. The summed E-state index contributed by atoms with van der Waals surface area (Å²) in [6.45, 7) is 2.23. The summed E-state index contributed by atoms with van der Waals surface area (Å²) in [4.78, 5) is 0. The van der Waals surface area contributed by atoms with Crippen molar-refractivity contribution in [1.82, 2.24) is 5.32 Å². The van der Waals surface area contributed by atoms with Crippen LogP contribution in [-0.2, 0) is 6.42 Å². The van der Waals surface area contributed by atoms with Crippen LogP contribution in [0.2, 0.25) is 0 Å².